The molecule has 0 unspecified atom stereocenters. The van der Waals surface area contributed by atoms with E-state index in [2.05, 4.69) is 4.98 Å². The summed E-state index contributed by atoms with van der Waals surface area (Å²) in [5.74, 6) is -1.48. The number of ether oxygens (including phenoxy) is 1. The van der Waals surface area contributed by atoms with E-state index in [4.69, 9.17) is 4.74 Å². The molecule has 2 aliphatic rings. The molecule has 33 heavy (non-hydrogen) atoms. The summed E-state index contributed by atoms with van der Waals surface area (Å²) >= 11 is 0. The third-order valence-electron chi connectivity index (χ3n) is 6.60. The second-order valence-corrected chi connectivity index (χ2v) is 8.67. The lowest BCUT2D eigenvalue weighted by atomic mass is 9.84. The number of nitrogens with zero attached hydrogens (tertiary/aromatic N) is 3. The fourth-order valence-electron chi connectivity index (χ4n) is 5.05. The molecule has 0 N–H and O–H groups in total. The molecule has 1 aromatic heterocycles. The van der Waals surface area contributed by atoms with Gasteiger partial charge in [-0.05, 0) is 67.7 Å². The summed E-state index contributed by atoms with van der Waals surface area (Å²) in [7, 11) is 1.60. The van der Waals surface area contributed by atoms with Crippen molar-refractivity contribution < 1.29 is 18.3 Å². The molecule has 0 aliphatic carbocycles. The van der Waals surface area contributed by atoms with E-state index < -0.39 is 11.6 Å². The number of halogens is 2. The van der Waals surface area contributed by atoms with Crippen LogP contribution in [0.4, 0.5) is 8.78 Å². The number of aromatic nitrogens is 2. The van der Waals surface area contributed by atoms with Gasteiger partial charge < -0.3 is 14.2 Å². The Balaban J connectivity index is 1.58. The predicted octanol–water partition coefficient (Wildman–Crippen LogP) is 5.03. The number of imidazole rings is 1. The summed E-state index contributed by atoms with van der Waals surface area (Å²) in [5, 5.41) is 0. The fourth-order valence-corrected chi connectivity index (χ4v) is 5.05. The molecule has 5 rings (SSSR count). The van der Waals surface area contributed by atoms with Crippen LogP contribution in [0, 0.1) is 18.6 Å². The van der Waals surface area contributed by atoms with Crippen LogP contribution in [0.1, 0.15) is 42.0 Å². The number of piperidine rings is 1. The van der Waals surface area contributed by atoms with Crippen LogP contribution in [-0.4, -0.2) is 40.1 Å². The van der Waals surface area contributed by atoms with Crippen LogP contribution in [0.3, 0.4) is 0 Å². The number of carbonyl (C=O) groups is 1. The molecule has 3 aromatic rings. The van der Waals surface area contributed by atoms with Crippen LogP contribution in [0.25, 0.3) is 11.8 Å². The maximum Gasteiger partial charge on any atom is 0.250 e. The average molecular weight is 450 g/mol. The van der Waals surface area contributed by atoms with Crippen molar-refractivity contribution in [2.24, 2.45) is 0 Å². The molecule has 2 aromatic carbocycles. The lowest BCUT2D eigenvalue weighted by Crippen LogP contribution is -2.38. The van der Waals surface area contributed by atoms with E-state index in [1.54, 1.807) is 19.5 Å². The predicted molar refractivity (Wildman–Crippen MR) is 121 cm³/mol. The topological polar surface area (TPSA) is 47.4 Å². The molecule has 0 spiro atoms. The zero-order valence-electron chi connectivity index (χ0n) is 18.6. The second kappa shape index (κ2) is 8.46. The van der Waals surface area contributed by atoms with Crippen LogP contribution < -0.4 is 4.74 Å². The Labute approximate surface area is 191 Å². The summed E-state index contributed by atoms with van der Waals surface area (Å²) in [6, 6.07) is 9.64. The Bertz CT molecular complexity index is 1250. The van der Waals surface area contributed by atoms with Gasteiger partial charge in [0.25, 0.3) is 5.91 Å². The summed E-state index contributed by atoms with van der Waals surface area (Å²) in [6.45, 7) is 2.60. The van der Waals surface area contributed by atoms with Crippen LogP contribution in [-0.2, 0) is 4.79 Å². The molecular weight excluding hydrogens is 424 g/mol. The molecule has 5 nitrogen and oxygen atoms in total. The maximum atomic E-state index is 14.1. The highest BCUT2D eigenvalue weighted by molar-refractivity contribution is 6.02. The lowest BCUT2D eigenvalue weighted by molar-refractivity contribution is -0.127. The average Bonchev–Trinajstić information content (AvgIpc) is 3.37. The van der Waals surface area contributed by atoms with Gasteiger partial charge in [0.05, 0.1) is 24.8 Å². The Morgan fingerprint density at radius 1 is 1.12 bits per heavy atom. The van der Waals surface area contributed by atoms with Crippen molar-refractivity contribution >= 4 is 12.0 Å². The number of aryl methyl sites for hydroxylation is 1. The smallest absolute Gasteiger partial charge is 0.250 e. The molecular formula is C26H25F2N3O2. The molecule has 170 valence electrons. The van der Waals surface area contributed by atoms with E-state index in [0.717, 1.165) is 42.3 Å². The lowest BCUT2D eigenvalue weighted by Gasteiger charge is -2.32. The standard InChI is InChI=1S/C26H25F2N3O2/c1-16-14-30(15-29-16)22-9-6-17(12-24(22)33-2)11-19-25(18-7-8-20(27)21(28)13-18)23-5-3-4-10-31(23)26(19)32/h6-9,11-15,23,25H,3-5,10H2,1-2H3/b19-11+/t23-,25-/m1/s1. The van der Waals surface area contributed by atoms with Crippen molar-refractivity contribution in [2.75, 3.05) is 13.7 Å². The molecule has 0 saturated carbocycles. The summed E-state index contributed by atoms with van der Waals surface area (Å²) in [6.07, 6.45) is 8.30. The van der Waals surface area contributed by atoms with Gasteiger partial charge in [0.1, 0.15) is 5.75 Å². The van der Waals surface area contributed by atoms with Gasteiger partial charge in [-0.15, -0.1) is 0 Å². The van der Waals surface area contributed by atoms with Crippen molar-refractivity contribution in [1.82, 2.24) is 14.5 Å². The number of carbonyl (C=O) groups excluding carboxylic acids is 1. The summed E-state index contributed by atoms with van der Waals surface area (Å²) in [5.41, 5.74) is 3.77. The van der Waals surface area contributed by atoms with Crippen molar-refractivity contribution in [2.45, 2.75) is 38.1 Å². The van der Waals surface area contributed by atoms with E-state index in [1.807, 2.05) is 46.9 Å². The number of amides is 1. The van der Waals surface area contributed by atoms with E-state index in [0.29, 0.717) is 23.4 Å². The first kappa shape index (κ1) is 21.4. The minimum Gasteiger partial charge on any atom is -0.495 e. The molecule has 0 bridgehead atoms. The first-order chi connectivity index (χ1) is 16.0. The number of hydrogen-bond donors (Lipinski definition) is 0. The highest BCUT2D eigenvalue weighted by Gasteiger charge is 2.45. The molecule has 2 aliphatic heterocycles. The van der Waals surface area contributed by atoms with Gasteiger partial charge >= 0.3 is 0 Å². The summed E-state index contributed by atoms with van der Waals surface area (Å²) < 4.78 is 35.2. The molecule has 0 radical (unpaired) electrons. The largest absolute Gasteiger partial charge is 0.495 e. The van der Waals surface area contributed by atoms with Crippen LogP contribution >= 0.6 is 0 Å². The van der Waals surface area contributed by atoms with Crippen molar-refractivity contribution in [1.29, 1.82) is 0 Å². The van der Waals surface area contributed by atoms with Gasteiger partial charge in [0, 0.05) is 30.3 Å². The maximum absolute atomic E-state index is 14.1. The first-order valence-electron chi connectivity index (χ1n) is 11.1. The van der Waals surface area contributed by atoms with Crippen LogP contribution in [0.2, 0.25) is 0 Å². The zero-order valence-corrected chi connectivity index (χ0v) is 18.6. The third-order valence-corrected chi connectivity index (χ3v) is 6.60. The Kier molecular flexibility index (Phi) is 5.48. The molecule has 3 heterocycles. The Hall–Kier alpha value is -3.48. The van der Waals surface area contributed by atoms with Crippen LogP contribution in [0.15, 0.2) is 54.5 Å². The van der Waals surface area contributed by atoms with Gasteiger partial charge in [-0.2, -0.15) is 0 Å². The first-order valence-corrected chi connectivity index (χ1v) is 11.1. The number of benzene rings is 2. The van der Waals surface area contributed by atoms with Gasteiger partial charge in [0.15, 0.2) is 11.6 Å². The highest BCUT2D eigenvalue weighted by Crippen LogP contribution is 2.44. The van der Waals surface area contributed by atoms with Crippen molar-refractivity contribution in [3.63, 3.8) is 0 Å². The van der Waals surface area contributed by atoms with E-state index in [9.17, 15) is 13.6 Å². The normalized spacial score (nSPS) is 21.5. The van der Waals surface area contributed by atoms with Gasteiger partial charge in [-0.25, -0.2) is 13.8 Å². The van der Waals surface area contributed by atoms with E-state index in [1.165, 1.54) is 6.07 Å². The van der Waals surface area contributed by atoms with E-state index >= 15 is 0 Å². The van der Waals surface area contributed by atoms with Crippen molar-refractivity contribution in [3.05, 3.63) is 83.0 Å². The van der Waals surface area contributed by atoms with Crippen molar-refractivity contribution in [3.8, 4) is 11.4 Å². The molecule has 2 saturated heterocycles. The monoisotopic (exact) mass is 449 g/mol. The Morgan fingerprint density at radius 2 is 1.97 bits per heavy atom. The highest BCUT2D eigenvalue weighted by atomic mass is 19.2. The minimum atomic E-state index is -0.893. The molecule has 2 fully saturated rings. The molecule has 1 amide bonds. The zero-order chi connectivity index (χ0) is 23.1. The Morgan fingerprint density at radius 3 is 2.70 bits per heavy atom. The number of fused-ring (bicyclic) bond motifs is 1. The summed E-state index contributed by atoms with van der Waals surface area (Å²) in [4.78, 5) is 19.5. The quantitative estimate of drug-likeness (QED) is 0.525. The third kappa shape index (κ3) is 3.81. The molecule has 2 atom stereocenters. The number of rotatable bonds is 4. The number of hydrogen-bond acceptors (Lipinski definition) is 3. The molecule has 7 heteroatoms. The van der Waals surface area contributed by atoms with E-state index in [-0.39, 0.29) is 17.9 Å². The number of methoxy groups -OCH3 is 1. The SMILES string of the molecule is COc1cc(/C=C2/C(=O)N3CCCC[C@@H]3[C@@H]2c2ccc(F)c(F)c2)ccc1-n1cnc(C)c1. The van der Waals surface area contributed by atoms with Crippen LogP contribution in [0.5, 0.6) is 5.75 Å². The minimum absolute atomic E-state index is 0.0392. The van der Waals surface area contributed by atoms with Gasteiger partial charge in [0.2, 0.25) is 0 Å². The fraction of sp³-hybridized carbons (Fsp3) is 0.308. The van der Waals surface area contributed by atoms with Gasteiger partial charge in [-0.3, -0.25) is 4.79 Å². The second-order valence-electron chi connectivity index (χ2n) is 8.67. The van der Waals surface area contributed by atoms with Gasteiger partial charge in [-0.1, -0.05) is 12.1 Å².